The molecule has 1 aliphatic heterocycles. The van der Waals surface area contributed by atoms with Crippen LogP contribution in [0.1, 0.15) is 39.7 Å². The molecule has 0 radical (unpaired) electrons. The molecule has 1 amide bonds. The minimum atomic E-state index is -2.12. The molecule has 0 unspecified atom stereocenters. The molecule has 5 aliphatic rings. The summed E-state index contributed by atoms with van der Waals surface area (Å²) in [5.74, 6) is -0.582. The summed E-state index contributed by atoms with van der Waals surface area (Å²) in [5.41, 5.74) is -1.01. The molecule has 2 fully saturated rings. The van der Waals surface area contributed by atoms with E-state index in [0.717, 1.165) is 17.7 Å². The average molecular weight is 494 g/mol. The van der Waals surface area contributed by atoms with Gasteiger partial charge in [0.15, 0.2) is 17.5 Å². The van der Waals surface area contributed by atoms with E-state index in [0.29, 0.717) is 24.5 Å². The summed E-state index contributed by atoms with van der Waals surface area (Å²) in [6, 6.07) is 7.62. The maximum Gasteiger partial charge on any atom is 0.415 e. The number of ether oxygens (including phenoxy) is 1. The number of para-hydroxylation sites is 1. The molecule has 3 N–H and O–H groups in total. The Morgan fingerprint density at radius 2 is 1.97 bits per heavy atom. The number of carbonyl (C=O) groups is 2. The van der Waals surface area contributed by atoms with E-state index in [9.17, 15) is 24.9 Å². The zero-order chi connectivity index (χ0) is 25.8. The highest BCUT2D eigenvalue weighted by Gasteiger charge is 2.76. The highest BCUT2D eigenvalue weighted by Crippen LogP contribution is 2.71. The number of carbonyl (C=O) groups excluding carboxylic acids is 2. The van der Waals surface area contributed by atoms with Crippen LogP contribution in [0.4, 0.5) is 10.5 Å². The number of aliphatic hydroxyl groups is 3. The number of amides is 1. The van der Waals surface area contributed by atoms with E-state index in [1.54, 1.807) is 24.0 Å². The van der Waals surface area contributed by atoms with E-state index < -0.39 is 41.8 Å². The highest BCUT2D eigenvalue weighted by atomic mass is 16.6. The average Bonchev–Trinajstić information content (AvgIpc) is 3.14. The minimum absolute atomic E-state index is 0.0347. The Morgan fingerprint density at radius 3 is 2.69 bits per heavy atom. The lowest BCUT2D eigenvalue weighted by Crippen LogP contribution is -2.66. The number of nitrogens with zero attached hydrogens (tertiary/aromatic N) is 1. The van der Waals surface area contributed by atoms with Crippen LogP contribution in [0, 0.1) is 34.5 Å². The molecule has 192 valence electrons. The predicted molar refractivity (Wildman–Crippen MR) is 133 cm³/mol. The van der Waals surface area contributed by atoms with Crippen molar-refractivity contribution in [1.82, 2.24) is 0 Å². The van der Waals surface area contributed by atoms with Gasteiger partial charge in [-0.25, -0.2) is 4.79 Å². The molecule has 6 rings (SSSR count). The molecule has 2 bridgehead atoms. The Kier molecular flexibility index (Phi) is 4.99. The van der Waals surface area contributed by atoms with Crippen molar-refractivity contribution in [2.45, 2.75) is 58.3 Å². The first-order valence-corrected chi connectivity index (χ1v) is 13.0. The second kappa shape index (κ2) is 7.53. The van der Waals surface area contributed by atoms with Gasteiger partial charge >= 0.3 is 6.09 Å². The second-order valence-corrected chi connectivity index (χ2v) is 12.2. The van der Waals surface area contributed by atoms with Crippen molar-refractivity contribution in [2.75, 3.05) is 18.1 Å². The van der Waals surface area contributed by atoms with Crippen LogP contribution in [-0.2, 0) is 16.0 Å². The Bertz CT molecular complexity index is 1220. The fourth-order valence-electron chi connectivity index (χ4n) is 8.29. The van der Waals surface area contributed by atoms with E-state index in [1.807, 2.05) is 31.2 Å². The van der Waals surface area contributed by atoms with Crippen LogP contribution >= 0.6 is 0 Å². The summed E-state index contributed by atoms with van der Waals surface area (Å²) in [6.07, 6.45) is 1.47. The van der Waals surface area contributed by atoms with Crippen LogP contribution in [0.25, 0.3) is 0 Å². The molecule has 1 heterocycles. The lowest BCUT2D eigenvalue weighted by Gasteiger charge is -2.48. The van der Waals surface area contributed by atoms with E-state index in [4.69, 9.17) is 4.74 Å². The van der Waals surface area contributed by atoms with Gasteiger partial charge in [0.05, 0.1) is 17.7 Å². The van der Waals surface area contributed by atoms with Gasteiger partial charge in [-0.2, -0.15) is 0 Å². The van der Waals surface area contributed by atoms with Crippen LogP contribution in [-0.4, -0.2) is 58.2 Å². The molecular weight excluding hydrogens is 458 g/mol. The first-order valence-electron chi connectivity index (χ1n) is 13.0. The van der Waals surface area contributed by atoms with Gasteiger partial charge in [0.25, 0.3) is 0 Å². The number of anilines is 1. The second-order valence-electron chi connectivity index (χ2n) is 12.2. The quantitative estimate of drug-likeness (QED) is 0.547. The molecule has 2 saturated carbocycles. The molecular formula is C29H35NO6. The van der Waals surface area contributed by atoms with Crippen LogP contribution in [0.5, 0.6) is 0 Å². The first kappa shape index (κ1) is 23.9. The summed E-state index contributed by atoms with van der Waals surface area (Å²) in [4.78, 5) is 29.4. The van der Waals surface area contributed by atoms with Crippen LogP contribution < -0.4 is 4.90 Å². The van der Waals surface area contributed by atoms with Gasteiger partial charge in [-0.1, -0.05) is 51.1 Å². The van der Waals surface area contributed by atoms with Gasteiger partial charge < -0.3 is 20.1 Å². The van der Waals surface area contributed by atoms with E-state index in [-0.39, 0.29) is 28.6 Å². The molecule has 8 atom stereocenters. The fraction of sp³-hybridized carbons (Fsp3) is 0.586. The summed E-state index contributed by atoms with van der Waals surface area (Å²) < 4.78 is 6.01. The van der Waals surface area contributed by atoms with Crippen LogP contribution in [0.3, 0.4) is 0 Å². The molecule has 0 saturated heterocycles. The third-order valence-corrected chi connectivity index (χ3v) is 10.2. The molecule has 0 aromatic heterocycles. The van der Waals surface area contributed by atoms with Crippen molar-refractivity contribution >= 4 is 17.6 Å². The number of allylic oxidation sites excluding steroid dienone is 1. The van der Waals surface area contributed by atoms with Crippen molar-refractivity contribution in [1.29, 1.82) is 0 Å². The van der Waals surface area contributed by atoms with Crippen LogP contribution in [0.15, 0.2) is 47.6 Å². The lowest BCUT2D eigenvalue weighted by atomic mass is 9.59. The SMILES string of the molecule is CC1=C[C@]23C(=O)[C@@H](C=C(CO)[C@@H](O)[C@]2(O)[C@H]1OC(=O)N1CCc2ccccc21)[C@H]1[C@@H](C[C@H]3C)C1(C)C. The minimum Gasteiger partial charge on any atom is -0.438 e. The number of rotatable bonds is 2. The third kappa shape index (κ3) is 2.74. The summed E-state index contributed by atoms with van der Waals surface area (Å²) in [6.45, 7) is 7.99. The van der Waals surface area contributed by atoms with Crippen molar-refractivity contribution in [3.8, 4) is 0 Å². The smallest absolute Gasteiger partial charge is 0.415 e. The molecule has 7 heteroatoms. The number of aliphatic hydroxyl groups excluding tert-OH is 2. The van der Waals surface area contributed by atoms with Gasteiger partial charge in [-0.15, -0.1) is 0 Å². The third-order valence-electron chi connectivity index (χ3n) is 10.2. The highest BCUT2D eigenvalue weighted by molar-refractivity contribution is 5.96. The number of hydrogen-bond donors (Lipinski definition) is 3. The van der Waals surface area contributed by atoms with Crippen molar-refractivity contribution in [3.05, 3.63) is 53.1 Å². The molecule has 36 heavy (non-hydrogen) atoms. The fourth-order valence-corrected chi connectivity index (χ4v) is 8.29. The topological polar surface area (TPSA) is 107 Å². The Labute approximate surface area is 211 Å². The maximum absolute atomic E-state index is 14.4. The zero-order valence-electron chi connectivity index (χ0n) is 21.3. The van der Waals surface area contributed by atoms with Gasteiger partial charge in [-0.05, 0) is 65.7 Å². The monoisotopic (exact) mass is 493 g/mol. The number of fused-ring (bicyclic) bond motifs is 4. The zero-order valence-corrected chi connectivity index (χ0v) is 21.3. The van der Waals surface area contributed by atoms with Gasteiger partial charge in [0.1, 0.15) is 6.10 Å². The van der Waals surface area contributed by atoms with Crippen LogP contribution in [0.2, 0.25) is 0 Å². The molecule has 7 nitrogen and oxygen atoms in total. The Hall–Kier alpha value is -2.48. The predicted octanol–water partition coefficient (Wildman–Crippen LogP) is 3.02. The number of hydrogen-bond acceptors (Lipinski definition) is 6. The number of benzene rings is 1. The molecule has 1 spiro atoms. The largest absolute Gasteiger partial charge is 0.438 e. The summed E-state index contributed by atoms with van der Waals surface area (Å²) in [5, 5.41) is 34.4. The standard InChI is InChI=1S/C29H35NO6/c1-15-13-28-16(2)11-20-22(27(20,3)4)19(24(28)33)12-18(14-31)23(32)29(28,35)25(15)36-26(34)30-10-9-17-7-5-6-8-21(17)30/h5-8,12-13,16,19-20,22-23,25,31-32,35H,9-11,14H2,1-4H3/t16-,19+,20-,22+,23-,25+,28+,29+/m1/s1. The van der Waals surface area contributed by atoms with Crippen molar-refractivity contribution in [2.24, 2.45) is 34.5 Å². The molecule has 1 aromatic carbocycles. The first-order chi connectivity index (χ1) is 17.0. The van der Waals surface area contributed by atoms with Gasteiger partial charge in [0.2, 0.25) is 0 Å². The summed E-state index contributed by atoms with van der Waals surface area (Å²) in [7, 11) is 0. The van der Waals surface area contributed by atoms with E-state index in [1.165, 1.54) is 0 Å². The summed E-state index contributed by atoms with van der Waals surface area (Å²) >= 11 is 0. The van der Waals surface area contributed by atoms with E-state index in [2.05, 4.69) is 13.8 Å². The number of Topliss-reactive ketones (excluding diaryl/α,β-unsaturated/α-hetero) is 1. The van der Waals surface area contributed by atoms with Gasteiger partial charge in [-0.3, -0.25) is 9.69 Å². The van der Waals surface area contributed by atoms with Crippen molar-refractivity contribution < 1.29 is 29.6 Å². The normalized spacial score (nSPS) is 41.9. The maximum atomic E-state index is 14.4. The Balaban J connectivity index is 1.43. The number of ketones is 1. The van der Waals surface area contributed by atoms with E-state index >= 15 is 0 Å². The molecule has 4 aliphatic carbocycles. The van der Waals surface area contributed by atoms with Crippen molar-refractivity contribution in [3.63, 3.8) is 0 Å². The molecule has 1 aromatic rings. The van der Waals surface area contributed by atoms with Gasteiger partial charge in [0, 0.05) is 12.5 Å². The lowest BCUT2D eigenvalue weighted by molar-refractivity contribution is -0.189. The Morgan fingerprint density at radius 1 is 1.25 bits per heavy atom.